The monoisotopic (exact) mass is 276 g/mol. The summed E-state index contributed by atoms with van der Waals surface area (Å²) in [5.41, 5.74) is 2.63. The number of hydrogen-bond acceptors (Lipinski definition) is 3. The Hall–Kier alpha value is -1.06. The van der Waals surface area contributed by atoms with E-state index >= 15 is 0 Å². The van der Waals surface area contributed by atoms with Gasteiger partial charge in [0.2, 0.25) is 0 Å². The van der Waals surface area contributed by atoms with Gasteiger partial charge in [0.15, 0.2) is 0 Å². The van der Waals surface area contributed by atoms with Crippen LogP contribution in [-0.2, 0) is 6.54 Å². The van der Waals surface area contributed by atoms with E-state index in [1.165, 1.54) is 36.9 Å². The van der Waals surface area contributed by atoms with Crippen molar-refractivity contribution in [1.82, 2.24) is 5.32 Å². The van der Waals surface area contributed by atoms with Gasteiger partial charge in [0.25, 0.3) is 0 Å². The van der Waals surface area contributed by atoms with Crippen LogP contribution >= 0.6 is 0 Å². The van der Waals surface area contributed by atoms with E-state index in [0.29, 0.717) is 12.1 Å². The summed E-state index contributed by atoms with van der Waals surface area (Å²) >= 11 is 0. The maximum Gasteiger partial charge on any atom is 0.0606 e. The molecule has 1 fully saturated rings. The fourth-order valence-corrected chi connectivity index (χ4v) is 3.08. The van der Waals surface area contributed by atoms with Crippen molar-refractivity contribution >= 4 is 5.69 Å². The molecule has 3 heteroatoms. The van der Waals surface area contributed by atoms with E-state index in [1.54, 1.807) is 0 Å². The van der Waals surface area contributed by atoms with Crippen LogP contribution in [0.1, 0.15) is 45.1 Å². The zero-order valence-corrected chi connectivity index (χ0v) is 12.8. The molecule has 2 rings (SSSR count). The SMILES string of the molecule is CC(C)NCc1ccccc1N(CCO)C1CCCC1. The summed E-state index contributed by atoms with van der Waals surface area (Å²) in [4.78, 5) is 2.42. The van der Waals surface area contributed by atoms with Gasteiger partial charge in [0, 0.05) is 30.9 Å². The van der Waals surface area contributed by atoms with Gasteiger partial charge in [0.1, 0.15) is 0 Å². The lowest BCUT2D eigenvalue weighted by atomic mass is 10.1. The van der Waals surface area contributed by atoms with Crippen LogP contribution in [0.5, 0.6) is 0 Å². The number of anilines is 1. The van der Waals surface area contributed by atoms with Crippen LogP contribution in [0.25, 0.3) is 0 Å². The minimum atomic E-state index is 0.225. The number of rotatable bonds is 7. The maximum atomic E-state index is 9.41. The first-order valence-electron chi connectivity index (χ1n) is 7.91. The molecule has 0 radical (unpaired) electrons. The number of aliphatic hydroxyl groups is 1. The number of benzene rings is 1. The summed E-state index contributed by atoms with van der Waals surface area (Å²) in [6.45, 7) is 6.20. The fraction of sp³-hybridized carbons (Fsp3) is 0.647. The molecule has 20 heavy (non-hydrogen) atoms. The lowest BCUT2D eigenvalue weighted by molar-refractivity contribution is 0.297. The van der Waals surface area contributed by atoms with Crippen LogP contribution in [0.15, 0.2) is 24.3 Å². The van der Waals surface area contributed by atoms with Crippen molar-refractivity contribution in [3.05, 3.63) is 29.8 Å². The van der Waals surface area contributed by atoms with Crippen LogP contribution in [0, 0.1) is 0 Å². The summed E-state index contributed by atoms with van der Waals surface area (Å²) in [7, 11) is 0. The van der Waals surface area contributed by atoms with Crippen LogP contribution in [-0.4, -0.2) is 30.3 Å². The Morgan fingerprint density at radius 2 is 1.95 bits per heavy atom. The first-order valence-corrected chi connectivity index (χ1v) is 7.91. The molecular formula is C17H28N2O. The molecule has 2 N–H and O–H groups in total. The quantitative estimate of drug-likeness (QED) is 0.804. The van der Waals surface area contributed by atoms with E-state index in [0.717, 1.165) is 13.1 Å². The molecule has 0 heterocycles. The zero-order valence-electron chi connectivity index (χ0n) is 12.8. The highest BCUT2D eigenvalue weighted by atomic mass is 16.3. The van der Waals surface area contributed by atoms with Crippen molar-refractivity contribution in [2.45, 2.75) is 58.2 Å². The third-order valence-corrected chi connectivity index (χ3v) is 4.11. The Labute approximate surface area is 123 Å². The van der Waals surface area contributed by atoms with Gasteiger partial charge >= 0.3 is 0 Å². The Kier molecular flexibility index (Phi) is 5.86. The van der Waals surface area contributed by atoms with Crippen molar-refractivity contribution < 1.29 is 5.11 Å². The molecule has 0 spiro atoms. The predicted octanol–water partition coefficient (Wildman–Crippen LogP) is 2.93. The van der Waals surface area contributed by atoms with Crippen LogP contribution in [0.4, 0.5) is 5.69 Å². The maximum absolute atomic E-state index is 9.41. The van der Waals surface area contributed by atoms with Gasteiger partial charge in [-0.1, -0.05) is 44.9 Å². The van der Waals surface area contributed by atoms with Crippen LogP contribution in [0.2, 0.25) is 0 Å². The lowest BCUT2D eigenvalue weighted by Crippen LogP contribution is -2.37. The zero-order chi connectivity index (χ0) is 14.4. The van der Waals surface area contributed by atoms with Gasteiger partial charge in [-0.25, -0.2) is 0 Å². The van der Waals surface area contributed by atoms with Gasteiger partial charge in [-0.2, -0.15) is 0 Å². The average Bonchev–Trinajstić information content (AvgIpc) is 2.97. The molecule has 112 valence electrons. The smallest absolute Gasteiger partial charge is 0.0606 e. The van der Waals surface area contributed by atoms with E-state index in [9.17, 15) is 5.11 Å². The number of hydrogen-bond donors (Lipinski definition) is 2. The number of para-hydroxylation sites is 1. The van der Waals surface area contributed by atoms with E-state index in [2.05, 4.69) is 48.3 Å². The van der Waals surface area contributed by atoms with E-state index in [1.807, 2.05) is 0 Å². The van der Waals surface area contributed by atoms with Crippen LogP contribution in [0.3, 0.4) is 0 Å². The summed E-state index contributed by atoms with van der Waals surface area (Å²) in [6.07, 6.45) is 5.15. The highest BCUT2D eigenvalue weighted by Gasteiger charge is 2.23. The molecule has 1 aliphatic carbocycles. The average molecular weight is 276 g/mol. The molecular weight excluding hydrogens is 248 g/mol. The second-order valence-electron chi connectivity index (χ2n) is 6.02. The Bertz CT molecular complexity index is 400. The fourth-order valence-electron chi connectivity index (χ4n) is 3.08. The first kappa shape index (κ1) is 15.3. The Morgan fingerprint density at radius 3 is 2.60 bits per heavy atom. The molecule has 1 aromatic rings. The molecule has 0 aliphatic heterocycles. The summed E-state index contributed by atoms with van der Waals surface area (Å²) in [6, 6.07) is 9.69. The molecule has 3 nitrogen and oxygen atoms in total. The molecule has 0 aromatic heterocycles. The number of nitrogens with one attached hydrogen (secondary N) is 1. The molecule has 0 saturated heterocycles. The van der Waals surface area contributed by atoms with E-state index in [-0.39, 0.29) is 6.61 Å². The molecule has 0 bridgehead atoms. The third kappa shape index (κ3) is 3.97. The van der Waals surface area contributed by atoms with Crippen molar-refractivity contribution in [3.8, 4) is 0 Å². The van der Waals surface area contributed by atoms with Crippen LogP contribution < -0.4 is 10.2 Å². The summed E-state index contributed by atoms with van der Waals surface area (Å²) in [5, 5.41) is 12.9. The normalized spacial score (nSPS) is 16.0. The van der Waals surface area contributed by atoms with Crippen molar-refractivity contribution in [2.24, 2.45) is 0 Å². The molecule has 0 atom stereocenters. The molecule has 0 unspecified atom stereocenters. The topological polar surface area (TPSA) is 35.5 Å². The number of aliphatic hydroxyl groups excluding tert-OH is 1. The molecule has 1 saturated carbocycles. The third-order valence-electron chi connectivity index (χ3n) is 4.11. The second-order valence-corrected chi connectivity index (χ2v) is 6.02. The van der Waals surface area contributed by atoms with Gasteiger partial charge in [-0.05, 0) is 24.5 Å². The van der Waals surface area contributed by atoms with Gasteiger partial charge < -0.3 is 15.3 Å². The highest BCUT2D eigenvalue weighted by molar-refractivity contribution is 5.54. The van der Waals surface area contributed by atoms with Crippen molar-refractivity contribution in [2.75, 3.05) is 18.1 Å². The lowest BCUT2D eigenvalue weighted by Gasteiger charge is -2.32. The minimum absolute atomic E-state index is 0.225. The van der Waals surface area contributed by atoms with Gasteiger partial charge in [0.05, 0.1) is 6.61 Å². The van der Waals surface area contributed by atoms with E-state index < -0.39 is 0 Å². The van der Waals surface area contributed by atoms with Crippen molar-refractivity contribution in [1.29, 1.82) is 0 Å². The largest absolute Gasteiger partial charge is 0.395 e. The van der Waals surface area contributed by atoms with Gasteiger partial charge in [-0.3, -0.25) is 0 Å². The predicted molar refractivity (Wildman–Crippen MR) is 85.1 cm³/mol. The second kappa shape index (κ2) is 7.65. The first-order chi connectivity index (χ1) is 9.72. The van der Waals surface area contributed by atoms with Crippen molar-refractivity contribution in [3.63, 3.8) is 0 Å². The Morgan fingerprint density at radius 1 is 1.25 bits per heavy atom. The minimum Gasteiger partial charge on any atom is -0.395 e. The molecule has 1 aliphatic rings. The standard InChI is InChI=1S/C17H28N2O/c1-14(2)18-13-15-7-3-6-10-17(15)19(11-12-20)16-8-4-5-9-16/h3,6-7,10,14,16,18,20H,4-5,8-9,11-13H2,1-2H3. The molecule has 0 amide bonds. The highest BCUT2D eigenvalue weighted by Crippen LogP contribution is 2.30. The van der Waals surface area contributed by atoms with Gasteiger partial charge in [-0.15, -0.1) is 0 Å². The van der Waals surface area contributed by atoms with E-state index in [4.69, 9.17) is 0 Å². The summed E-state index contributed by atoms with van der Waals surface area (Å²) in [5.74, 6) is 0. The Balaban J connectivity index is 2.18. The summed E-state index contributed by atoms with van der Waals surface area (Å²) < 4.78 is 0. The number of nitrogens with zero attached hydrogens (tertiary/aromatic N) is 1. The molecule has 1 aromatic carbocycles.